The summed E-state index contributed by atoms with van der Waals surface area (Å²) in [5, 5.41) is 0. The van der Waals surface area contributed by atoms with Gasteiger partial charge < -0.3 is 4.79 Å². The molecule has 0 spiro atoms. The minimum Gasteiger partial charge on any atom is -0.300 e. The predicted octanol–water partition coefficient (Wildman–Crippen LogP) is 5.69. The van der Waals surface area contributed by atoms with Gasteiger partial charge >= 0.3 is 0 Å². The molecule has 4 unspecified atom stereocenters. The highest BCUT2D eigenvalue weighted by Gasteiger charge is 2.50. The standard InChI is InChI=1S/C20H32O/c1-14-7-9-18-17(19(14,3)13-11-15(2)21)10-8-16-6-5-12-20(16,18)4/h14,16H,5-13H2,1-4H3. The van der Waals surface area contributed by atoms with Crippen LogP contribution in [0, 0.1) is 22.7 Å². The zero-order chi connectivity index (χ0) is 15.3. The Morgan fingerprint density at radius 3 is 2.57 bits per heavy atom. The number of ketones is 1. The number of Topliss-reactive ketones (excluding diaryl/α,β-unsaturated/α-hetero) is 1. The molecule has 118 valence electrons. The highest BCUT2D eigenvalue weighted by Crippen LogP contribution is 2.62. The summed E-state index contributed by atoms with van der Waals surface area (Å²) in [6, 6.07) is 0. The van der Waals surface area contributed by atoms with Gasteiger partial charge in [0.1, 0.15) is 5.78 Å². The lowest BCUT2D eigenvalue weighted by molar-refractivity contribution is -0.117. The van der Waals surface area contributed by atoms with Crippen LogP contribution in [0.4, 0.5) is 0 Å². The fraction of sp³-hybridized carbons (Fsp3) is 0.850. The monoisotopic (exact) mass is 288 g/mol. The molecular weight excluding hydrogens is 256 g/mol. The highest BCUT2D eigenvalue weighted by molar-refractivity contribution is 5.75. The second-order valence-corrected chi connectivity index (χ2v) is 8.56. The van der Waals surface area contributed by atoms with Gasteiger partial charge in [-0.05, 0) is 74.5 Å². The molecule has 0 bridgehead atoms. The smallest absolute Gasteiger partial charge is 0.129 e. The summed E-state index contributed by atoms with van der Waals surface area (Å²) < 4.78 is 0. The van der Waals surface area contributed by atoms with Gasteiger partial charge in [0.2, 0.25) is 0 Å². The third kappa shape index (κ3) is 2.32. The molecule has 3 rings (SSSR count). The van der Waals surface area contributed by atoms with Crippen molar-refractivity contribution >= 4 is 5.78 Å². The van der Waals surface area contributed by atoms with Crippen molar-refractivity contribution in [3.63, 3.8) is 0 Å². The van der Waals surface area contributed by atoms with Crippen molar-refractivity contribution in [2.75, 3.05) is 0 Å². The Hall–Kier alpha value is -0.590. The number of hydrogen-bond donors (Lipinski definition) is 0. The quantitative estimate of drug-likeness (QED) is 0.610. The number of fused-ring (bicyclic) bond motifs is 2. The van der Waals surface area contributed by atoms with Crippen LogP contribution >= 0.6 is 0 Å². The van der Waals surface area contributed by atoms with Gasteiger partial charge in [-0.1, -0.05) is 38.3 Å². The van der Waals surface area contributed by atoms with E-state index in [-0.39, 0.29) is 5.41 Å². The zero-order valence-corrected chi connectivity index (χ0v) is 14.4. The second-order valence-electron chi connectivity index (χ2n) is 8.56. The Kier molecular flexibility index (Phi) is 3.83. The number of carbonyl (C=O) groups excluding carboxylic acids is 1. The normalized spacial score (nSPS) is 42.7. The fourth-order valence-corrected chi connectivity index (χ4v) is 5.79. The first-order chi connectivity index (χ1) is 9.88. The minimum absolute atomic E-state index is 0.288. The Balaban J connectivity index is 1.98. The lowest BCUT2D eigenvalue weighted by Crippen LogP contribution is -2.40. The van der Waals surface area contributed by atoms with Crippen molar-refractivity contribution in [3.05, 3.63) is 11.1 Å². The highest BCUT2D eigenvalue weighted by atomic mass is 16.1. The molecule has 0 radical (unpaired) electrons. The van der Waals surface area contributed by atoms with Crippen LogP contribution in [0.15, 0.2) is 11.1 Å². The van der Waals surface area contributed by atoms with E-state index >= 15 is 0 Å². The fourth-order valence-electron chi connectivity index (χ4n) is 5.79. The van der Waals surface area contributed by atoms with Crippen molar-refractivity contribution in [2.45, 2.75) is 85.5 Å². The molecule has 0 amide bonds. The van der Waals surface area contributed by atoms with Crippen molar-refractivity contribution in [1.29, 1.82) is 0 Å². The molecule has 3 aliphatic rings. The molecule has 0 saturated heterocycles. The molecule has 0 aromatic carbocycles. The molecule has 1 fully saturated rings. The average molecular weight is 288 g/mol. The maximum atomic E-state index is 11.5. The molecule has 1 nitrogen and oxygen atoms in total. The summed E-state index contributed by atoms with van der Waals surface area (Å²) in [4.78, 5) is 11.5. The average Bonchev–Trinajstić information content (AvgIpc) is 2.82. The molecule has 0 N–H and O–H groups in total. The largest absolute Gasteiger partial charge is 0.300 e. The predicted molar refractivity (Wildman–Crippen MR) is 88.1 cm³/mol. The Labute approximate surface area is 130 Å². The number of allylic oxidation sites excluding steroid dienone is 2. The first-order valence-electron chi connectivity index (χ1n) is 9.10. The van der Waals surface area contributed by atoms with Gasteiger partial charge in [0, 0.05) is 6.42 Å². The molecule has 0 aliphatic heterocycles. The molecule has 1 heteroatoms. The molecule has 0 aromatic heterocycles. The molecule has 0 aromatic rings. The van der Waals surface area contributed by atoms with Crippen LogP contribution in [0.2, 0.25) is 0 Å². The van der Waals surface area contributed by atoms with Gasteiger partial charge in [0.05, 0.1) is 0 Å². The van der Waals surface area contributed by atoms with Crippen molar-refractivity contribution in [1.82, 2.24) is 0 Å². The molecule has 0 heterocycles. The Morgan fingerprint density at radius 1 is 1.14 bits per heavy atom. The lowest BCUT2D eigenvalue weighted by atomic mass is 9.53. The van der Waals surface area contributed by atoms with Crippen LogP contribution in [0.25, 0.3) is 0 Å². The van der Waals surface area contributed by atoms with E-state index in [4.69, 9.17) is 0 Å². The molecular formula is C20H32O. The Morgan fingerprint density at radius 2 is 1.86 bits per heavy atom. The van der Waals surface area contributed by atoms with E-state index in [0.717, 1.165) is 24.7 Å². The van der Waals surface area contributed by atoms with E-state index < -0.39 is 0 Å². The van der Waals surface area contributed by atoms with Crippen LogP contribution in [0.1, 0.15) is 85.5 Å². The molecule has 4 atom stereocenters. The van der Waals surface area contributed by atoms with Gasteiger partial charge in [0.25, 0.3) is 0 Å². The van der Waals surface area contributed by atoms with Crippen LogP contribution < -0.4 is 0 Å². The van der Waals surface area contributed by atoms with Crippen molar-refractivity contribution in [3.8, 4) is 0 Å². The van der Waals surface area contributed by atoms with E-state index in [1.165, 1.54) is 44.9 Å². The second kappa shape index (κ2) is 5.25. The van der Waals surface area contributed by atoms with E-state index in [0.29, 0.717) is 11.2 Å². The first-order valence-corrected chi connectivity index (χ1v) is 9.10. The van der Waals surface area contributed by atoms with Crippen molar-refractivity contribution < 1.29 is 4.79 Å². The van der Waals surface area contributed by atoms with Crippen LogP contribution in [-0.4, -0.2) is 5.78 Å². The summed E-state index contributed by atoms with van der Waals surface area (Å²) >= 11 is 0. The van der Waals surface area contributed by atoms with E-state index in [9.17, 15) is 4.79 Å². The number of hydrogen-bond acceptors (Lipinski definition) is 1. The van der Waals surface area contributed by atoms with Gasteiger partial charge in [-0.15, -0.1) is 0 Å². The molecule has 3 aliphatic carbocycles. The maximum absolute atomic E-state index is 11.5. The summed E-state index contributed by atoms with van der Waals surface area (Å²) in [5.41, 5.74) is 4.41. The van der Waals surface area contributed by atoms with E-state index in [1.54, 1.807) is 12.5 Å². The van der Waals surface area contributed by atoms with Gasteiger partial charge in [-0.25, -0.2) is 0 Å². The van der Waals surface area contributed by atoms with Crippen molar-refractivity contribution in [2.24, 2.45) is 22.7 Å². The summed E-state index contributed by atoms with van der Waals surface area (Å²) in [6.45, 7) is 9.20. The maximum Gasteiger partial charge on any atom is 0.129 e. The molecule has 21 heavy (non-hydrogen) atoms. The first kappa shape index (κ1) is 15.3. The van der Waals surface area contributed by atoms with Gasteiger partial charge in [0.15, 0.2) is 0 Å². The lowest BCUT2D eigenvalue weighted by Gasteiger charge is -2.52. The minimum atomic E-state index is 0.288. The van der Waals surface area contributed by atoms with Gasteiger partial charge in [-0.3, -0.25) is 0 Å². The summed E-state index contributed by atoms with van der Waals surface area (Å²) in [5.74, 6) is 2.04. The summed E-state index contributed by atoms with van der Waals surface area (Å²) in [6.07, 6.45) is 11.5. The number of carbonyl (C=O) groups is 1. The SMILES string of the molecule is CC(=O)CCC1(C)C2=C(CCC1C)C1(C)CCCC1CC2. The van der Waals surface area contributed by atoms with E-state index in [2.05, 4.69) is 20.8 Å². The van der Waals surface area contributed by atoms with Crippen LogP contribution in [0.3, 0.4) is 0 Å². The zero-order valence-electron chi connectivity index (χ0n) is 14.4. The van der Waals surface area contributed by atoms with E-state index in [1.807, 2.05) is 5.57 Å². The van der Waals surface area contributed by atoms with Gasteiger partial charge in [-0.2, -0.15) is 0 Å². The number of rotatable bonds is 3. The third-order valence-corrected chi connectivity index (χ3v) is 7.55. The van der Waals surface area contributed by atoms with Crippen LogP contribution in [-0.2, 0) is 4.79 Å². The summed E-state index contributed by atoms with van der Waals surface area (Å²) in [7, 11) is 0. The Bertz CT molecular complexity index is 474. The third-order valence-electron chi connectivity index (χ3n) is 7.55. The molecule has 1 saturated carbocycles. The van der Waals surface area contributed by atoms with Crippen LogP contribution in [0.5, 0.6) is 0 Å². The topological polar surface area (TPSA) is 17.1 Å².